The smallest absolute Gasteiger partial charge is 0.305 e. The summed E-state index contributed by atoms with van der Waals surface area (Å²) in [5.74, 6) is -0.0914. The van der Waals surface area contributed by atoms with Crippen molar-refractivity contribution in [2.45, 2.75) is 302 Å². The summed E-state index contributed by atoms with van der Waals surface area (Å²) in [5.41, 5.74) is 0. The number of aliphatic hydroxyl groups excluding tert-OH is 2. The topological polar surface area (TPSA) is 95.9 Å². The molecule has 0 heterocycles. The lowest BCUT2D eigenvalue weighted by Crippen LogP contribution is -2.45. The van der Waals surface area contributed by atoms with Crippen LogP contribution in [-0.4, -0.2) is 47.4 Å². The molecule has 0 aliphatic carbocycles. The maximum Gasteiger partial charge on any atom is 0.305 e. The Morgan fingerprint density at radius 2 is 0.770 bits per heavy atom. The van der Waals surface area contributed by atoms with Gasteiger partial charge in [0.05, 0.1) is 25.4 Å². The van der Waals surface area contributed by atoms with Crippen LogP contribution in [0.25, 0.3) is 0 Å². The van der Waals surface area contributed by atoms with Crippen LogP contribution in [0.15, 0.2) is 24.3 Å². The first-order chi connectivity index (χ1) is 30.0. The molecule has 0 bridgehead atoms. The van der Waals surface area contributed by atoms with Gasteiger partial charge in [-0.1, -0.05) is 244 Å². The van der Waals surface area contributed by atoms with Gasteiger partial charge in [-0.05, 0) is 57.8 Å². The van der Waals surface area contributed by atoms with E-state index < -0.39 is 12.1 Å². The fourth-order valence-electron chi connectivity index (χ4n) is 8.27. The molecule has 0 rings (SSSR count). The highest BCUT2D eigenvalue weighted by Gasteiger charge is 2.18. The molecule has 61 heavy (non-hydrogen) atoms. The Labute approximate surface area is 380 Å². The highest BCUT2D eigenvalue weighted by Crippen LogP contribution is 2.16. The van der Waals surface area contributed by atoms with Crippen LogP contribution >= 0.6 is 0 Å². The molecule has 0 saturated heterocycles. The molecule has 3 N–H and O–H groups in total. The van der Waals surface area contributed by atoms with Gasteiger partial charge < -0.3 is 20.3 Å². The summed E-state index contributed by atoms with van der Waals surface area (Å²) in [4.78, 5) is 24.5. The van der Waals surface area contributed by atoms with E-state index in [1.807, 2.05) is 6.08 Å². The van der Waals surface area contributed by atoms with Crippen LogP contribution in [0.5, 0.6) is 0 Å². The number of aliphatic hydroxyl groups is 2. The minimum atomic E-state index is -0.852. The average molecular weight is 860 g/mol. The van der Waals surface area contributed by atoms with Crippen molar-refractivity contribution < 1.29 is 24.5 Å². The van der Waals surface area contributed by atoms with Gasteiger partial charge in [0.15, 0.2) is 0 Å². The first-order valence-electron chi connectivity index (χ1n) is 27.1. The van der Waals surface area contributed by atoms with Crippen molar-refractivity contribution in [3.63, 3.8) is 0 Å². The second kappa shape index (κ2) is 51.0. The van der Waals surface area contributed by atoms with Gasteiger partial charge in [-0.2, -0.15) is 0 Å². The summed E-state index contributed by atoms with van der Waals surface area (Å²) >= 11 is 0. The van der Waals surface area contributed by atoms with Crippen LogP contribution in [0.4, 0.5) is 0 Å². The second-order valence-corrected chi connectivity index (χ2v) is 18.6. The molecule has 6 heteroatoms. The van der Waals surface area contributed by atoms with Crippen LogP contribution in [0.1, 0.15) is 290 Å². The molecule has 0 saturated carbocycles. The molecule has 2 atom stereocenters. The molecule has 0 aromatic carbocycles. The molecular weight excluding hydrogens is 755 g/mol. The van der Waals surface area contributed by atoms with Crippen LogP contribution in [0.3, 0.4) is 0 Å². The van der Waals surface area contributed by atoms with E-state index in [4.69, 9.17) is 4.74 Å². The van der Waals surface area contributed by atoms with Gasteiger partial charge in [-0.3, -0.25) is 9.59 Å². The zero-order valence-corrected chi connectivity index (χ0v) is 40.9. The number of carbonyl (C=O) groups is 2. The largest absolute Gasteiger partial charge is 0.466 e. The van der Waals surface area contributed by atoms with Gasteiger partial charge in [0.2, 0.25) is 5.91 Å². The Morgan fingerprint density at radius 1 is 0.443 bits per heavy atom. The molecule has 1 amide bonds. The summed E-state index contributed by atoms with van der Waals surface area (Å²) in [7, 11) is 0. The summed E-state index contributed by atoms with van der Waals surface area (Å²) < 4.78 is 5.47. The van der Waals surface area contributed by atoms with Crippen molar-refractivity contribution in [1.29, 1.82) is 0 Å². The third-order valence-corrected chi connectivity index (χ3v) is 12.5. The summed E-state index contributed by atoms with van der Waals surface area (Å²) in [5, 5.41) is 23.0. The van der Waals surface area contributed by atoms with Gasteiger partial charge in [-0.25, -0.2) is 0 Å². The van der Waals surface area contributed by atoms with Crippen molar-refractivity contribution in [2.24, 2.45) is 0 Å². The highest BCUT2D eigenvalue weighted by molar-refractivity contribution is 5.76. The maximum atomic E-state index is 12.4. The molecule has 0 aromatic heterocycles. The number of rotatable bonds is 50. The summed E-state index contributed by atoms with van der Waals surface area (Å²) in [6, 6.07) is -0.637. The lowest BCUT2D eigenvalue weighted by Gasteiger charge is -2.20. The number of unbranched alkanes of at least 4 members (excludes halogenated alkanes) is 37. The molecule has 2 unspecified atom stereocenters. The number of hydrogen-bond donors (Lipinski definition) is 3. The number of hydrogen-bond acceptors (Lipinski definition) is 5. The molecule has 0 aliphatic heterocycles. The fourth-order valence-corrected chi connectivity index (χ4v) is 8.27. The minimum absolute atomic E-state index is 0.00722. The predicted octanol–water partition coefficient (Wildman–Crippen LogP) is 16.3. The van der Waals surface area contributed by atoms with E-state index in [-0.39, 0.29) is 18.5 Å². The van der Waals surface area contributed by atoms with Crippen LogP contribution in [0.2, 0.25) is 0 Å². The zero-order valence-electron chi connectivity index (χ0n) is 40.9. The third kappa shape index (κ3) is 47.7. The van der Waals surface area contributed by atoms with Gasteiger partial charge >= 0.3 is 5.97 Å². The Hall–Kier alpha value is -1.66. The molecule has 0 fully saturated rings. The van der Waals surface area contributed by atoms with Crippen LogP contribution in [-0.2, 0) is 14.3 Å². The number of carbonyl (C=O) groups excluding carboxylic acids is 2. The first-order valence-corrected chi connectivity index (χ1v) is 27.1. The van der Waals surface area contributed by atoms with Crippen molar-refractivity contribution >= 4 is 11.9 Å². The highest BCUT2D eigenvalue weighted by atomic mass is 16.5. The molecule has 0 spiro atoms. The van der Waals surface area contributed by atoms with E-state index in [1.165, 1.54) is 193 Å². The average Bonchev–Trinajstić information content (AvgIpc) is 3.26. The zero-order chi connectivity index (χ0) is 44.4. The van der Waals surface area contributed by atoms with Gasteiger partial charge in [-0.15, -0.1) is 0 Å². The van der Waals surface area contributed by atoms with Gasteiger partial charge in [0, 0.05) is 12.8 Å². The van der Waals surface area contributed by atoms with E-state index in [0.29, 0.717) is 19.4 Å². The molecule has 360 valence electrons. The molecule has 6 nitrogen and oxygen atoms in total. The third-order valence-electron chi connectivity index (χ3n) is 12.5. The summed E-state index contributed by atoms with van der Waals surface area (Å²) in [6.07, 6.45) is 60.5. The van der Waals surface area contributed by atoms with E-state index >= 15 is 0 Å². The number of amides is 1. The Balaban J connectivity index is 3.45. The van der Waals surface area contributed by atoms with E-state index in [9.17, 15) is 19.8 Å². The van der Waals surface area contributed by atoms with Crippen molar-refractivity contribution in [1.82, 2.24) is 5.32 Å². The van der Waals surface area contributed by atoms with Crippen molar-refractivity contribution in [2.75, 3.05) is 13.2 Å². The van der Waals surface area contributed by atoms with Crippen molar-refractivity contribution in [3.05, 3.63) is 24.3 Å². The van der Waals surface area contributed by atoms with Crippen LogP contribution < -0.4 is 5.32 Å². The summed E-state index contributed by atoms with van der Waals surface area (Å²) in [6.45, 7) is 4.86. The lowest BCUT2D eigenvalue weighted by molar-refractivity contribution is -0.143. The fraction of sp³-hybridized carbons (Fsp3) is 0.891. The Morgan fingerprint density at radius 3 is 1.16 bits per heavy atom. The monoisotopic (exact) mass is 860 g/mol. The molecule has 0 radical (unpaired) electrons. The SMILES string of the molecule is CCCCCCCCCCC/C=C/C(O)C(CO)NC(=O)CCCCCCCCC/C=C\CCCCCCOC(=O)CCCCCCCCCCCCCCCCCCCC. The molecule has 0 aromatic rings. The molecular formula is C55H105NO5. The minimum Gasteiger partial charge on any atom is -0.466 e. The predicted molar refractivity (Wildman–Crippen MR) is 264 cm³/mol. The van der Waals surface area contributed by atoms with Gasteiger partial charge in [0.25, 0.3) is 0 Å². The Bertz CT molecular complexity index is 951. The first kappa shape index (κ1) is 59.3. The van der Waals surface area contributed by atoms with E-state index in [2.05, 4.69) is 31.3 Å². The van der Waals surface area contributed by atoms with Crippen LogP contribution in [0, 0.1) is 0 Å². The second-order valence-electron chi connectivity index (χ2n) is 18.6. The Kier molecular flexibility index (Phi) is 49.6. The molecule has 0 aliphatic rings. The van der Waals surface area contributed by atoms with Crippen molar-refractivity contribution in [3.8, 4) is 0 Å². The lowest BCUT2D eigenvalue weighted by atomic mass is 10.0. The van der Waals surface area contributed by atoms with E-state index in [0.717, 1.165) is 70.6 Å². The standard InChI is InChI=1S/C55H105NO5/c1-3-5-7-9-11-13-15-16-17-18-19-22-25-29-33-37-41-45-49-55(60)61-50-46-42-38-34-30-26-23-20-21-24-28-32-36-40-44-48-54(59)56-52(51-57)53(58)47-43-39-35-31-27-14-12-10-8-6-4-2/h23,26,43,47,52-53,57-58H,3-22,24-25,27-42,44-46,48-51H2,1-2H3,(H,56,59)/b26-23-,47-43+. The maximum absolute atomic E-state index is 12.4. The number of nitrogens with one attached hydrogen (secondary N) is 1. The number of esters is 1. The quantitative estimate of drug-likeness (QED) is 0.0322. The van der Waals surface area contributed by atoms with E-state index in [1.54, 1.807) is 6.08 Å². The number of allylic oxidation sites excluding steroid dienone is 3. The van der Waals surface area contributed by atoms with Gasteiger partial charge in [0.1, 0.15) is 0 Å². The number of ether oxygens (including phenoxy) is 1. The normalized spacial score (nSPS) is 12.8.